The zero-order valence-electron chi connectivity index (χ0n) is 9.20. The summed E-state index contributed by atoms with van der Waals surface area (Å²) in [7, 11) is 0. The van der Waals surface area contributed by atoms with Crippen molar-refractivity contribution < 1.29 is 19.8 Å². The number of benzene rings is 1. The number of hydrogen-bond donors (Lipinski definition) is 2. The van der Waals surface area contributed by atoms with Crippen molar-refractivity contribution in [1.82, 2.24) is 4.98 Å². The maximum Gasteiger partial charge on any atom is 0.338 e. The monoisotopic (exact) mass is 243 g/mol. The van der Waals surface area contributed by atoms with Crippen molar-refractivity contribution in [3.05, 3.63) is 48.2 Å². The highest BCUT2D eigenvalue weighted by molar-refractivity contribution is 6.19. The van der Waals surface area contributed by atoms with Crippen LogP contribution in [0.15, 0.2) is 42.5 Å². The van der Waals surface area contributed by atoms with Gasteiger partial charge in [-0.25, -0.2) is 14.6 Å². The van der Waals surface area contributed by atoms with Gasteiger partial charge in [0.1, 0.15) is 0 Å². The standard InChI is InChI=1S/C13H9NO4/c15-12(16)7-9(13(17)18)11-6-5-8-3-1-2-4-10(8)14-11/h1-7H,(H,15,16)(H,17,18)/b9-7+. The number of carbonyl (C=O) groups is 2. The summed E-state index contributed by atoms with van der Waals surface area (Å²) in [6.45, 7) is 0. The molecule has 1 aromatic heterocycles. The molecule has 5 heteroatoms. The molecule has 0 bridgehead atoms. The third-order valence-corrected chi connectivity index (χ3v) is 2.37. The van der Waals surface area contributed by atoms with Crippen LogP contribution in [0.25, 0.3) is 16.5 Å². The number of rotatable bonds is 3. The number of aliphatic carboxylic acids is 2. The molecule has 0 unspecified atom stereocenters. The number of aromatic nitrogens is 1. The largest absolute Gasteiger partial charge is 0.478 e. The van der Waals surface area contributed by atoms with E-state index in [1.54, 1.807) is 18.2 Å². The van der Waals surface area contributed by atoms with Gasteiger partial charge in [-0.1, -0.05) is 24.3 Å². The van der Waals surface area contributed by atoms with Gasteiger partial charge in [-0.2, -0.15) is 0 Å². The average molecular weight is 243 g/mol. The summed E-state index contributed by atoms with van der Waals surface area (Å²) < 4.78 is 0. The molecular weight excluding hydrogens is 234 g/mol. The van der Waals surface area contributed by atoms with Crippen LogP contribution in [-0.2, 0) is 9.59 Å². The van der Waals surface area contributed by atoms with Crippen molar-refractivity contribution in [1.29, 1.82) is 0 Å². The van der Waals surface area contributed by atoms with Gasteiger partial charge in [0, 0.05) is 11.5 Å². The van der Waals surface area contributed by atoms with E-state index in [-0.39, 0.29) is 11.3 Å². The van der Waals surface area contributed by atoms with Gasteiger partial charge in [-0.05, 0) is 12.1 Å². The molecule has 0 aliphatic carbocycles. The number of hydrogen-bond acceptors (Lipinski definition) is 3. The van der Waals surface area contributed by atoms with Gasteiger partial charge in [-0.3, -0.25) is 0 Å². The van der Waals surface area contributed by atoms with Crippen LogP contribution in [0.5, 0.6) is 0 Å². The lowest BCUT2D eigenvalue weighted by Gasteiger charge is -2.03. The van der Waals surface area contributed by atoms with E-state index in [2.05, 4.69) is 4.98 Å². The Morgan fingerprint density at radius 3 is 2.44 bits per heavy atom. The summed E-state index contributed by atoms with van der Waals surface area (Å²) >= 11 is 0. The Morgan fingerprint density at radius 1 is 1.06 bits per heavy atom. The first-order valence-corrected chi connectivity index (χ1v) is 5.12. The number of para-hydroxylation sites is 1. The second-order valence-corrected chi connectivity index (χ2v) is 3.59. The number of carboxylic acid groups (broad SMARTS) is 2. The van der Waals surface area contributed by atoms with Crippen molar-refractivity contribution in [2.45, 2.75) is 0 Å². The van der Waals surface area contributed by atoms with E-state index < -0.39 is 11.9 Å². The van der Waals surface area contributed by atoms with Gasteiger partial charge < -0.3 is 10.2 Å². The first-order valence-electron chi connectivity index (χ1n) is 5.12. The third kappa shape index (κ3) is 2.35. The van der Waals surface area contributed by atoms with Crippen molar-refractivity contribution >= 4 is 28.4 Å². The van der Waals surface area contributed by atoms with Crippen LogP contribution in [0, 0.1) is 0 Å². The Hall–Kier alpha value is -2.69. The van der Waals surface area contributed by atoms with E-state index in [1.807, 2.05) is 12.1 Å². The first-order chi connectivity index (χ1) is 8.58. The lowest BCUT2D eigenvalue weighted by Crippen LogP contribution is -2.04. The minimum absolute atomic E-state index is 0.128. The fourth-order valence-corrected chi connectivity index (χ4v) is 1.58. The highest BCUT2D eigenvalue weighted by atomic mass is 16.4. The van der Waals surface area contributed by atoms with Crippen LogP contribution in [0.4, 0.5) is 0 Å². The predicted octanol–water partition coefficient (Wildman–Crippen LogP) is 1.79. The molecule has 0 aliphatic heterocycles. The van der Waals surface area contributed by atoms with E-state index in [0.29, 0.717) is 11.6 Å². The van der Waals surface area contributed by atoms with Crippen molar-refractivity contribution in [3.8, 4) is 0 Å². The molecule has 0 spiro atoms. The maximum absolute atomic E-state index is 11.0. The SMILES string of the molecule is O=C(O)/C=C(/C(=O)O)c1ccc2ccccc2n1. The van der Waals surface area contributed by atoms with Crippen LogP contribution in [0.2, 0.25) is 0 Å². The third-order valence-electron chi connectivity index (χ3n) is 2.37. The topological polar surface area (TPSA) is 87.5 Å². The fraction of sp³-hybridized carbons (Fsp3) is 0. The molecule has 0 radical (unpaired) electrons. The lowest BCUT2D eigenvalue weighted by atomic mass is 10.1. The highest BCUT2D eigenvalue weighted by Crippen LogP contribution is 2.17. The van der Waals surface area contributed by atoms with Crippen molar-refractivity contribution in [3.63, 3.8) is 0 Å². The Kier molecular flexibility index (Phi) is 3.05. The molecule has 0 aliphatic rings. The number of fused-ring (bicyclic) bond motifs is 1. The van der Waals surface area contributed by atoms with Gasteiger partial charge in [0.2, 0.25) is 0 Å². The molecule has 90 valence electrons. The van der Waals surface area contributed by atoms with Crippen molar-refractivity contribution in [2.75, 3.05) is 0 Å². The summed E-state index contributed by atoms with van der Waals surface area (Å²) in [5.41, 5.74) is 0.407. The summed E-state index contributed by atoms with van der Waals surface area (Å²) in [6, 6.07) is 10.4. The van der Waals surface area contributed by atoms with Crippen LogP contribution in [-0.4, -0.2) is 27.1 Å². The Bertz CT molecular complexity index is 661. The molecule has 0 saturated heterocycles. The van der Waals surface area contributed by atoms with E-state index in [4.69, 9.17) is 10.2 Å². The van der Waals surface area contributed by atoms with Gasteiger partial charge in [-0.15, -0.1) is 0 Å². The molecule has 18 heavy (non-hydrogen) atoms. The molecule has 5 nitrogen and oxygen atoms in total. The zero-order chi connectivity index (χ0) is 13.1. The van der Waals surface area contributed by atoms with Crippen LogP contribution >= 0.6 is 0 Å². The molecule has 2 rings (SSSR count). The highest BCUT2D eigenvalue weighted by Gasteiger charge is 2.14. The van der Waals surface area contributed by atoms with E-state index in [9.17, 15) is 9.59 Å². The van der Waals surface area contributed by atoms with E-state index in [1.165, 1.54) is 6.07 Å². The zero-order valence-corrected chi connectivity index (χ0v) is 9.20. The molecule has 1 heterocycles. The fourth-order valence-electron chi connectivity index (χ4n) is 1.58. The van der Waals surface area contributed by atoms with Gasteiger partial charge in [0.15, 0.2) is 0 Å². The number of nitrogens with zero attached hydrogens (tertiary/aromatic N) is 1. The summed E-state index contributed by atoms with van der Waals surface area (Å²) in [5.74, 6) is -2.64. The van der Waals surface area contributed by atoms with Gasteiger partial charge in [0.05, 0.1) is 16.8 Å². The number of carboxylic acids is 2. The summed E-state index contributed by atoms with van der Waals surface area (Å²) in [5, 5.41) is 18.5. The molecular formula is C13H9NO4. The number of pyridine rings is 1. The van der Waals surface area contributed by atoms with E-state index in [0.717, 1.165) is 5.39 Å². The maximum atomic E-state index is 11.0. The van der Waals surface area contributed by atoms with Gasteiger partial charge in [0.25, 0.3) is 0 Å². The first kappa shape index (κ1) is 11.8. The molecule has 0 atom stereocenters. The smallest absolute Gasteiger partial charge is 0.338 e. The molecule has 0 saturated carbocycles. The summed E-state index contributed by atoms with van der Waals surface area (Å²) in [4.78, 5) is 25.7. The van der Waals surface area contributed by atoms with Crippen molar-refractivity contribution in [2.24, 2.45) is 0 Å². The Labute approximate surface area is 102 Å². The van der Waals surface area contributed by atoms with Gasteiger partial charge >= 0.3 is 11.9 Å². The molecule has 0 amide bonds. The van der Waals surface area contributed by atoms with Crippen LogP contribution in [0.3, 0.4) is 0 Å². The Balaban J connectivity index is 2.58. The second kappa shape index (κ2) is 4.67. The molecule has 0 fully saturated rings. The normalized spacial score (nSPS) is 11.4. The van der Waals surface area contributed by atoms with E-state index >= 15 is 0 Å². The minimum Gasteiger partial charge on any atom is -0.478 e. The average Bonchev–Trinajstić information content (AvgIpc) is 2.35. The second-order valence-electron chi connectivity index (χ2n) is 3.59. The predicted molar refractivity (Wildman–Crippen MR) is 65.0 cm³/mol. The molecule has 2 N–H and O–H groups in total. The molecule has 2 aromatic rings. The summed E-state index contributed by atoms with van der Waals surface area (Å²) in [6.07, 6.45) is 0.638. The Morgan fingerprint density at radius 2 is 1.78 bits per heavy atom. The van der Waals surface area contributed by atoms with Crippen LogP contribution < -0.4 is 0 Å². The lowest BCUT2D eigenvalue weighted by molar-refractivity contribution is -0.133. The quantitative estimate of drug-likeness (QED) is 0.802. The minimum atomic E-state index is -1.32. The van der Waals surface area contributed by atoms with Crippen LogP contribution in [0.1, 0.15) is 5.69 Å². The molecule has 1 aromatic carbocycles.